The summed E-state index contributed by atoms with van der Waals surface area (Å²) in [6.07, 6.45) is 3.14. The SMILES string of the molecule is C=CCN(C)C(=O)[C@H]1[C@H]2C(=O)N([C@@H](CO)C(C)C)C(C(=O)N(CC=C)c3ccc4ccccc4c3)C23CC(Br)[C@@H]1O3. The lowest BCUT2D eigenvalue weighted by atomic mass is 9.70. The molecule has 5 rings (SSSR count). The summed E-state index contributed by atoms with van der Waals surface area (Å²) in [5.41, 5.74) is -0.548. The van der Waals surface area contributed by atoms with E-state index in [9.17, 15) is 19.5 Å². The molecule has 0 radical (unpaired) electrons. The first-order chi connectivity index (χ1) is 19.6. The van der Waals surface area contributed by atoms with Crippen molar-refractivity contribution in [2.75, 3.05) is 31.6 Å². The number of likely N-dealkylation sites (N-methyl/N-ethyl adjacent to an activating group) is 1. The maximum Gasteiger partial charge on any atom is 0.253 e. The van der Waals surface area contributed by atoms with Gasteiger partial charge in [0.2, 0.25) is 11.8 Å². The molecule has 2 aromatic carbocycles. The van der Waals surface area contributed by atoms with E-state index in [1.807, 2.05) is 56.3 Å². The van der Waals surface area contributed by atoms with Crippen LogP contribution in [0.3, 0.4) is 0 Å². The number of aliphatic hydroxyl groups is 1. The minimum absolute atomic E-state index is 0.141. The van der Waals surface area contributed by atoms with Gasteiger partial charge in [0.25, 0.3) is 5.91 Å². The van der Waals surface area contributed by atoms with Crippen LogP contribution in [0.4, 0.5) is 5.69 Å². The zero-order chi connectivity index (χ0) is 29.6. The average Bonchev–Trinajstić information content (AvgIpc) is 3.54. The first-order valence-corrected chi connectivity index (χ1v) is 15.0. The number of halogens is 1. The van der Waals surface area contributed by atoms with E-state index in [0.717, 1.165) is 10.8 Å². The van der Waals surface area contributed by atoms with Crippen LogP contribution in [-0.2, 0) is 19.1 Å². The van der Waals surface area contributed by atoms with Gasteiger partial charge in [-0.1, -0.05) is 72.3 Å². The summed E-state index contributed by atoms with van der Waals surface area (Å²) in [4.78, 5) is 47.5. The standard InChI is InChI=1S/C32H38BrN3O5/c1-6-14-34(5)29(38)25-26-30(39)36(24(18-37)19(3)4)28(32(26)17-23(33)27(25)41-32)31(40)35(15-7-2)22-13-12-20-10-8-9-11-21(20)16-22/h6-13,16,19,23-28,37H,1-2,14-15,17-18H2,3-5H3/t23?,24-,25-,26-,27-,28?,32?/m0/s1. The van der Waals surface area contributed by atoms with Crippen LogP contribution >= 0.6 is 15.9 Å². The molecule has 0 saturated carbocycles. The fourth-order valence-corrected chi connectivity index (χ4v) is 8.03. The van der Waals surface area contributed by atoms with E-state index in [2.05, 4.69) is 29.1 Å². The van der Waals surface area contributed by atoms with Crippen molar-refractivity contribution < 1.29 is 24.2 Å². The summed E-state index contributed by atoms with van der Waals surface area (Å²) in [7, 11) is 1.68. The van der Waals surface area contributed by atoms with Crippen molar-refractivity contribution in [2.24, 2.45) is 17.8 Å². The number of hydrogen-bond acceptors (Lipinski definition) is 5. The second kappa shape index (κ2) is 11.3. The largest absolute Gasteiger partial charge is 0.394 e. The summed E-state index contributed by atoms with van der Waals surface area (Å²) in [5.74, 6) is -2.59. The highest BCUT2D eigenvalue weighted by Gasteiger charge is 2.77. The molecule has 1 spiro atoms. The number of anilines is 1. The number of fused-ring (bicyclic) bond motifs is 2. The number of carbonyl (C=O) groups is 3. The molecule has 3 fully saturated rings. The Labute approximate surface area is 249 Å². The van der Waals surface area contributed by atoms with Gasteiger partial charge in [0, 0.05) is 30.7 Å². The van der Waals surface area contributed by atoms with E-state index in [1.54, 1.807) is 29.0 Å². The maximum atomic E-state index is 14.8. The number of likely N-dealkylation sites (tertiary alicyclic amines) is 1. The number of carbonyl (C=O) groups excluding carboxylic acids is 3. The van der Waals surface area contributed by atoms with E-state index < -0.39 is 35.6 Å². The summed E-state index contributed by atoms with van der Waals surface area (Å²) in [5, 5.41) is 12.5. The van der Waals surface area contributed by atoms with E-state index in [0.29, 0.717) is 18.7 Å². The Kier molecular flexibility index (Phi) is 8.16. The number of alkyl halides is 1. The highest BCUT2D eigenvalue weighted by molar-refractivity contribution is 9.09. The van der Waals surface area contributed by atoms with Crippen molar-refractivity contribution in [2.45, 2.75) is 48.9 Å². The van der Waals surface area contributed by atoms with Gasteiger partial charge in [0.1, 0.15) is 11.6 Å². The van der Waals surface area contributed by atoms with Crippen LogP contribution in [0.2, 0.25) is 0 Å². The second-order valence-electron chi connectivity index (χ2n) is 11.7. The molecule has 3 saturated heterocycles. The molecule has 1 N–H and O–H groups in total. The lowest BCUT2D eigenvalue weighted by Gasteiger charge is -2.40. The topological polar surface area (TPSA) is 90.4 Å². The monoisotopic (exact) mass is 623 g/mol. The van der Waals surface area contributed by atoms with E-state index in [4.69, 9.17) is 4.74 Å². The van der Waals surface area contributed by atoms with E-state index >= 15 is 0 Å². The Balaban J connectivity index is 1.64. The quantitative estimate of drug-likeness (QED) is 0.321. The molecule has 0 aliphatic carbocycles. The molecule has 3 aliphatic rings. The van der Waals surface area contributed by atoms with Crippen molar-refractivity contribution in [3.05, 3.63) is 67.8 Å². The summed E-state index contributed by atoms with van der Waals surface area (Å²) in [6.45, 7) is 11.7. The minimum Gasteiger partial charge on any atom is -0.394 e. The first-order valence-electron chi connectivity index (χ1n) is 14.1. The lowest BCUT2D eigenvalue weighted by Crippen LogP contribution is -2.60. The van der Waals surface area contributed by atoms with Gasteiger partial charge in [-0.05, 0) is 35.2 Å². The normalized spacial score (nSPS) is 29.1. The summed E-state index contributed by atoms with van der Waals surface area (Å²) >= 11 is 3.73. The van der Waals surface area contributed by atoms with E-state index in [1.165, 1.54) is 4.90 Å². The van der Waals surface area contributed by atoms with Crippen molar-refractivity contribution in [3.63, 3.8) is 0 Å². The van der Waals surface area contributed by atoms with Gasteiger partial charge < -0.3 is 24.5 Å². The fourth-order valence-electron chi connectivity index (χ4n) is 7.09. The molecule has 3 amide bonds. The maximum absolute atomic E-state index is 14.8. The van der Waals surface area contributed by atoms with E-state index in [-0.39, 0.29) is 41.6 Å². The van der Waals surface area contributed by atoms with Gasteiger partial charge >= 0.3 is 0 Å². The molecule has 8 nitrogen and oxygen atoms in total. The predicted octanol–water partition coefficient (Wildman–Crippen LogP) is 3.77. The molecule has 2 bridgehead atoms. The van der Waals surface area contributed by atoms with Crippen LogP contribution in [0, 0.1) is 17.8 Å². The highest BCUT2D eigenvalue weighted by Crippen LogP contribution is 2.61. The van der Waals surface area contributed by atoms with Crippen molar-refractivity contribution in [1.29, 1.82) is 0 Å². The third-order valence-electron chi connectivity index (χ3n) is 8.96. The summed E-state index contributed by atoms with van der Waals surface area (Å²) < 4.78 is 6.66. The van der Waals surface area contributed by atoms with Crippen LogP contribution in [0.1, 0.15) is 20.3 Å². The third kappa shape index (κ3) is 4.62. The van der Waals surface area contributed by atoms with Crippen LogP contribution in [-0.4, -0.2) is 88.0 Å². The zero-order valence-corrected chi connectivity index (χ0v) is 25.4. The Morgan fingerprint density at radius 2 is 1.83 bits per heavy atom. The van der Waals surface area contributed by atoms with Crippen molar-refractivity contribution in [1.82, 2.24) is 9.80 Å². The molecule has 0 aromatic heterocycles. The molecule has 9 heteroatoms. The van der Waals surface area contributed by atoms with Crippen LogP contribution < -0.4 is 4.90 Å². The number of aliphatic hydroxyl groups excluding tert-OH is 1. The van der Waals surface area contributed by atoms with Crippen LogP contribution in [0.5, 0.6) is 0 Å². The molecule has 218 valence electrons. The number of benzene rings is 2. The first kappa shape index (κ1) is 29.5. The molecular weight excluding hydrogens is 586 g/mol. The molecule has 3 unspecified atom stereocenters. The summed E-state index contributed by atoms with van der Waals surface area (Å²) in [6, 6.07) is 12.1. The highest BCUT2D eigenvalue weighted by atomic mass is 79.9. The number of hydrogen-bond donors (Lipinski definition) is 1. The molecule has 41 heavy (non-hydrogen) atoms. The predicted molar refractivity (Wildman–Crippen MR) is 163 cm³/mol. The van der Waals surface area contributed by atoms with Gasteiger partial charge in [0.05, 0.1) is 30.6 Å². The second-order valence-corrected chi connectivity index (χ2v) is 12.9. The molecular formula is C32H38BrN3O5. The van der Waals surface area contributed by atoms with Crippen molar-refractivity contribution in [3.8, 4) is 0 Å². The average molecular weight is 625 g/mol. The lowest BCUT2D eigenvalue weighted by molar-refractivity contribution is -0.147. The zero-order valence-electron chi connectivity index (χ0n) is 23.8. The Hall–Kier alpha value is -3.01. The van der Waals surface area contributed by atoms with Crippen LogP contribution in [0.25, 0.3) is 10.8 Å². The number of nitrogens with zero attached hydrogens (tertiary/aromatic N) is 3. The van der Waals surface area contributed by atoms with Gasteiger partial charge in [-0.2, -0.15) is 0 Å². The minimum atomic E-state index is -1.22. The fraction of sp³-hybridized carbons (Fsp3) is 0.469. The number of amides is 3. The molecule has 2 aromatic rings. The van der Waals surface area contributed by atoms with Gasteiger partial charge in [-0.15, -0.1) is 13.2 Å². The molecule has 3 heterocycles. The Morgan fingerprint density at radius 3 is 2.46 bits per heavy atom. The molecule has 7 atom stereocenters. The number of rotatable bonds is 10. The van der Waals surface area contributed by atoms with Gasteiger partial charge in [-0.25, -0.2) is 0 Å². The molecule has 3 aliphatic heterocycles. The van der Waals surface area contributed by atoms with Crippen LogP contribution in [0.15, 0.2) is 67.8 Å². The third-order valence-corrected chi connectivity index (χ3v) is 9.81. The Morgan fingerprint density at radius 1 is 1.15 bits per heavy atom. The number of ether oxygens (including phenoxy) is 1. The van der Waals surface area contributed by atoms with Gasteiger partial charge in [0.15, 0.2) is 0 Å². The van der Waals surface area contributed by atoms with Gasteiger partial charge in [-0.3, -0.25) is 14.4 Å². The smallest absolute Gasteiger partial charge is 0.253 e. The van der Waals surface area contributed by atoms with Crippen molar-refractivity contribution >= 4 is 50.1 Å². The Bertz CT molecular complexity index is 1380.